The average molecular weight is 364 g/mol. The van der Waals surface area contributed by atoms with Gasteiger partial charge in [-0.05, 0) is 39.7 Å². The Labute approximate surface area is 162 Å². The standard InChI is InChI=1S/C23H28N2O2/c1-22(2,3)17-11-18(23(4,5)6)13-19(12-17)27-15-16-9-7-8-10-20(16)21(14-24)25-26/h7-13,26H,15H2,1-6H3/b25-21-. The third-order valence-electron chi connectivity index (χ3n) is 4.51. The van der Waals surface area contributed by atoms with Gasteiger partial charge in [-0.2, -0.15) is 5.26 Å². The van der Waals surface area contributed by atoms with Crippen LogP contribution < -0.4 is 4.74 Å². The van der Waals surface area contributed by atoms with E-state index in [0.29, 0.717) is 5.56 Å². The van der Waals surface area contributed by atoms with Crippen LogP contribution in [0.3, 0.4) is 0 Å². The van der Waals surface area contributed by atoms with Crippen LogP contribution in [0.2, 0.25) is 0 Å². The Morgan fingerprint density at radius 3 is 2.04 bits per heavy atom. The van der Waals surface area contributed by atoms with Crippen molar-refractivity contribution in [3.63, 3.8) is 0 Å². The molecule has 0 atom stereocenters. The zero-order valence-corrected chi connectivity index (χ0v) is 17.0. The molecule has 27 heavy (non-hydrogen) atoms. The van der Waals surface area contributed by atoms with Gasteiger partial charge in [0.1, 0.15) is 18.4 Å². The molecule has 0 spiro atoms. The van der Waals surface area contributed by atoms with Crippen molar-refractivity contribution in [2.75, 3.05) is 0 Å². The van der Waals surface area contributed by atoms with Crippen molar-refractivity contribution in [3.8, 4) is 11.8 Å². The molecule has 0 aliphatic heterocycles. The van der Waals surface area contributed by atoms with Crippen LogP contribution in [-0.4, -0.2) is 10.9 Å². The molecule has 2 rings (SSSR count). The zero-order valence-electron chi connectivity index (χ0n) is 17.0. The molecule has 0 bridgehead atoms. The highest BCUT2D eigenvalue weighted by molar-refractivity contribution is 6.12. The summed E-state index contributed by atoms with van der Waals surface area (Å²) in [4.78, 5) is 0. The smallest absolute Gasteiger partial charge is 0.187 e. The van der Waals surface area contributed by atoms with Crippen molar-refractivity contribution in [2.24, 2.45) is 5.16 Å². The Bertz CT molecular complexity index is 846. The van der Waals surface area contributed by atoms with E-state index in [1.54, 1.807) is 12.1 Å². The molecule has 0 saturated heterocycles. The van der Waals surface area contributed by atoms with Crippen LogP contribution in [0, 0.1) is 11.3 Å². The van der Waals surface area contributed by atoms with Crippen molar-refractivity contribution in [1.29, 1.82) is 5.26 Å². The fourth-order valence-corrected chi connectivity index (χ4v) is 2.72. The summed E-state index contributed by atoms with van der Waals surface area (Å²) in [5.74, 6) is 0.793. The second-order valence-electron chi connectivity index (χ2n) is 8.75. The first-order chi connectivity index (χ1) is 12.6. The summed E-state index contributed by atoms with van der Waals surface area (Å²) in [6.07, 6.45) is 0. The molecule has 0 aliphatic rings. The van der Waals surface area contributed by atoms with Crippen molar-refractivity contribution in [2.45, 2.75) is 59.0 Å². The molecule has 0 saturated carbocycles. The number of benzene rings is 2. The van der Waals surface area contributed by atoms with Crippen molar-refractivity contribution < 1.29 is 9.94 Å². The highest BCUT2D eigenvalue weighted by Crippen LogP contribution is 2.33. The molecular formula is C23H28N2O2. The normalized spacial score (nSPS) is 12.6. The SMILES string of the molecule is CC(C)(C)c1cc(OCc2ccccc2/C(C#N)=N\O)cc(C(C)(C)C)c1. The van der Waals surface area contributed by atoms with Gasteiger partial charge in [0.05, 0.1) is 0 Å². The minimum atomic E-state index is -0.0203. The second-order valence-corrected chi connectivity index (χ2v) is 8.75. The van der Waals surface area contributed by atoms with E-state index < -0.39 is 0 Å². The number of nitriles is 1. The minimum Gasteiger partial charge on any atom is -0.489 e. The van der Waals surface area contributed by atoms with Crippen molar-refractivity contribution in [1.82, 2.24) is 0 Å². The van der Waals surface area contributed by atoms with Crippen molar-refractivity contribution >= 4 is 5.71 Å². The monoisotopic (exact) mass is 364 g/mol. The number of oxime groups is 1. The lowest BCUT2D eigenvalue weighted by molar-refractivity contribution is 0.303. The molecule has 0 radical (unpaired) electrons. The number of nitrogens with zero attached hydrogens (tertiary/aromatic N) is 2. The molecule has 1 N–H and O–H groups in total. The van der Waals surface area contributed by atoms with E-state index in [1.807, 2.05) is 18.2 Å². The average Bonchev–Trinajstić information content (AvgIpc) is 2.60. The lowest BCUT2D eigenvalue weighted by atomic mass is 9.80. The quantitative estimate of drug-likeness (QED) is 0.438. The lowest BCUT2D eigenvalue weighted by Crippen LogP contribution is -2.16. The summed E-state index contributed by atoms with van der Waals surface area (Å²) in [6, 6.07) is 15.6. The fourth-order valence-electron chi connectivity index (χ4n) is 2.72. The number of ether oxygens (including phenoxy) is 1. The van der Waals surface area contributed by atoms with E-state index >= 15 is 0 Å². The van der Waals surface area contributed by atoms with Gasteiger partial charge >= 0.3 is 0 Å². The van der Waals surface area contributed by atoms with E-state index in [0.717, 1.165) is 11.3 Å². The van der Waals surface area contributed by atoms with Gasteiger partial charge in [0.15, 0.2) is 5.71 Å². The first-order valence-electron chi connectivity index (χ1n) is 9.05. The number of hydrogen-bond acceptors (Lipinski definition) is 4. The van der Waals surface area contributed by atoms with Gasteiger partial charge in [-0.15, -0.1) is 0 Å². The Balaban J connectivity index is 2.38. The predicted molar refractivity (Wildman–Crippen MR) is 109 cm³/mol. The van der Waals surface area contributed by atoms with Crippen LogP contribution in [0.1, 0.15) is 63.8 Å². The molecule has 4 heteroatoms. The molecule has 0 unspecified atom stereocenters. The molecule has 2 aromatic carbocycles. The van der Waals surface area contributed by atoms with Gasteiger partial charge in [0.2, 0.25) is 0 Å². The molecule has 0 heterocycles. The van der Waals surface area contributed by atoms with Crippen LogP contribution >= 0.6 is 0 Å². The number of hydrogen-bond donors (Lipinski definition) is 1. The van der Waals surface area contributed by atoms with Crippen LogP contribution in [0.5, 0.6) is 5.75 Å². The topological polar surface area (TPSA) is 65.6 Å². The molecule has 4 nitrogen and oxygen atoms in total. The fraction of sp³-hybridized carbons (Fsp3) is 0.391. The molecule has 0 aromatic heterocycles. The summed E-state index contributed by atoms with van der Waals surface area (Å²) in [7, 11) is 0. The van der Waals surface area contributed by atoms with Crippen LogP contribution in [0.4, 0.5) is 0 Å². The number of rotatable bonds is 4. The third-order valence-corrected chi connectivity index (χ3v) is 4.51. The summed E-state index contributed by atoms with van der Waals surface area (Å²) in [5, 5.41) is 21.3. The Morgan fingerprint density at radius 1 is 1.00 bits per heavy atom. The van der Waals surface area contributed by atoms with Crippen molar-refractivity contribution in [3.05, 3.63) is 64.7 Å². The van der Waals surface area contributed by atoms with E-state index in [4.69, 9.17) is 15.2 Å². The Kier molecular flexibility index (Phi) is 5.95. The highest BCUT2D eigenvalue weighted by atomic mass is 16.5. The first-order valence-corrected chi connectivity index (χ1v) is 9.05. The summed E-state index contributed by atoms with van der Waals surface area (Å²) in [6.45, 7) is 13.4. The van der Waals surface area contributed by atoms with Crippen LogP contribution in [-0.2, 0) is 17.4 Å². The zero-order chi connectivity index (χ0) is 20.2. The maximum atomic E-state index is 9.16. The third kappa shape index (κ3) is 5.10. The van der Waals surface area contributed by atoms with E-state index in [2.05, 4.69) is 64.9 Å². The maximum absolute atomic E-state index is 9.16. The maximum Gasteiger partial charge on any atom is 0.187 e. The molecule has 0 amide bonds. The summed E-state index contributed by atoms with van der Waals surface area (Å²) in [5.41, 5.74) is 3.80. The largest absolute Gasteiger partial charge is 0.489 e. The molecule has 142 valence electrons. The van der Waals surface area contributed by atoms with Gasteiger partial charge in [-0.25, -0.2) is 0 Å². The lowest BCUT2D eigenvalue weighted by Gasteiger charge is -2.26. The summed E-state index contributed by atoms with van der Waals surface area (Å²) < 4.78 is 6.10. The van der Waals surface area contributed by atoms with Gasteiger partial charge < -0.3 is 9.94 Å². The van der Waals surface area contributed by atoms with Gasteiger partial charge in [0.25, 0.3) is 0 Å². The van der Waals surface area contributed by atoms with E-state index in [1.165, 1.54) is 11.1 Å². The van der Waals surface area contributed by atoms with Crippen LogP contribution in [0.25, 0.3) is 0 Å². The highest BCUT2D eigenvalue weighted by Gasteiger charge is 2.21. The van der Waals surface area contributed by atoms with Crippen LogP contribution in [0.15, 0.2) is 47.6 Å². The minimum absolute atomic E-state index is 0.00873. The molecule has 2 aromatic rings. The molecular weight excluding hydrogens is 336 g/mol. The molecule has 0 aliphatic carbocycles. The molecule has 0 fully saturated rings. The predicted octanol–water partition coefficient (Wildman–Crippen LogP) is 5.56. The van der Waals surface area contributed by atoms with E-state index in [-0.39, 0.29) is 23.1 Å². The van der Waals surface area contributed by atoms with Gasteiger partial charge in [0, 0.05) is 5.56 Å². The van der Waals surface area contributed by atoms with Gasteiger partial charge in [-0.3, -0.25) is 0 Å². The first kappa shape index (κ1) is 20.5. The van der Waals surface area contributed by atoms with E-state index in [9.17, 15) is 0 Å². The Hall–Kier alpha value is -2.80. The Morgan fingerprint density at radius 2 is 1.56 bits per heavy atom. The second kappa shape index (κ2) is 7.84. The van der Waals surface area contributed by atoms with Gasteiger partial charge in [-0.1, -0.05) is 77.0 Å². The summed E-state index contributed by atoms with van der Waals surface area (Å²) >= 11 is 0.